The molecule has 7 nitrogen and oxygen atoms in total. The maximum Gasteiger partial charge on any atom is 0.252 e. The van der Waals surface area contributed by atoms with Crippen molar-refractivity contribution in [3.05, 3.63) is 53.4 Å². The number of sulfonamides is 1. The third-order valence-corrected chi connectivity index (χ3v) is 11.3. The largest absolute Gasteiger partial charge is 0.349 e. The first-order chi connectivity index (χ1) is 16.9. The summed E-state index contributed by atoms with van der Waals surface area (Å²) in [5, 5.41) is 4.93. The van der Waals surface area contributed by atoms with Crippen molar-refractivity contribution in [1.82, 2.24) is 14.5 Å². The number of likely N-dealkylation sites (tertiary alicyclic amines) is 1. The van der Waals surface area contributed by atoms with Crippen LogP contribution in [0.4, 0.5) is 0 Å². The van der Waals surface area contributed by atoms with Gasteiger partial charge in [-0.25, -0.2) is 8.42 Å². The number of carbonyl (C=O) groups is 2. The zero-order valence-corrected chi connectivity index (χ0v) is 21.5. The molecule has 2 aliphatic heterocycles. The van der Waals surface area contributed by atoms with Gasteiger partial charge < -0.3 is 10.2 Å². The number of thiophene rings is 1. The fraction of sp³-hybridized carbons (Fsp3) is 0.538. The van der Waals surface area contributed by atoms with Crippen LogP contribution in [0.15, 0.2) is 52.1 Å². The molecule has 188 valence electrons. The van der Waals surface area contributed by atoms with Crippen LogP contribution in [-0.2, 0) is 14.8 Å². The van der Waals surface area contributed by atoms with Gasteiger partial charge in [-0.1, -0.05) is 37.1 Å². The van der Waals surface area contributed by atoms with Crippen molar-refractivity contribution in [3.63, 3.8) is 0 Å². The van der Waals surface area contributed by atoms with Gasteiger partial charge in [0.2, 0.25) is 5.91 Å². The summed E-state index contributed by atoms with van der Waals surface area (Å²) < 4.78 is 27.8. The number of hydrogen-bond donors (Lipinski definition) is 1. The van der Waals surface area contributed by atoms with Gasteiger partial charge in [-0.3, -0.25) is 9.59 Å². The molecule has 1 N–H and O–H groups in total. The minimum atomic E-state index is -3.42. The van der Waals surface area contributed by atoms with Crippen molar-refractivity contribution in [3.8, 4) is 0 Å². The van der Waals surface area contributed by atoms with E-state index in [4.69, 9.17) is 0 Å². The van der Waals surface area contributed by atoms with Crippen LogP contribution in [0, 0.1) is 11.3 Å². The lowest BCUT2D eigenvalue weighted by atomic mass is 9.78. The SMILES string of the molecule is O=C(NC1CCCCC1C(=O)N1CCC2(CCN(S(=O)(=O)c3cccs3)CC2)C1)c1ccccc1. The molecule has 3 heterocycles. The smallest absolute Gasteiger partial charge is 0.252 e. The number of nitrogens with zero attached hydrogens (tertiary/aromatic N) is 2. The quantitative estimate of drug-likeness (QED) is 0.657. The predicted molar refractivity (Wildman–Crippen MR) is 136 cm³/mol. The molecule has 2 amide bonds. The van der Waals surface area contributed by atoms with E-state index < -0.39 is 10.0 Å². The lowest BCUT2D eigenvalue weighted by Gasteiger charge is -2.39. The Morgan fingerprint density at radius 3 is 2.37 bits per heavy atom. The Balaban J connectivity index is 1.20. The summed E-state index contributed by atoms with van der Waals surface area (Å²) in [6.07, 6.45) is 6.11. The van der Waals surface area contributed by atoms with Crippen LogP contribution in [0.5, 0.6) is 0 Å². The third-order valence-electron chi connectivity index (χ3n) is 8.06. The standard InChI is InChI=1S/C26H33N3O4S2/c30-24(20-7-2-1-3-8-20)27-22-10-5-4-9-21(22)25(31)28-15-12-26(19-28)13-16-29(17-14-26)35(32,33)23-11-6-18-34-23/h1-3,6-8,11,18,21-22H,4-5,9-10,12-17,19H2,(H,27,30). The molecule has 3 aliphatic rings. The van der Waals surface area contributed by atoms with Crippen molar-refractivity contribution in [1.29, 1.82) is 0 Å². The predicted octanol–water partition coefficient (Wildman–Crippen LogP) is 3.74. The van der Waals surface area contributed by atoms with E-state index in [1.54, 1.807) is 34.0 Å². The molecule has 35 heavy (non-hydrogen) atoms. The molecule has 1 spiro atoms. The Kier molecular flexibility index (Phi) is 7.01. The highest BCUT2D eigenvalue weighted by atomic mass is 32.2. The highest BCUT2D eigenvalue weighted by molar-refractivity contribution is 7.91. The monoisotopic (exact) mass is 515 g/mol. The van der Waals surface area contributed by atoms with Gasteiger partial charge in [0.05, 0.1) is 5.92 Å². The third kappa shape index (κ3) is 5.04. The zero-order valence-electron chi connectivity index (χ0n) is 19.9. The maximum atomic E-state index is 13.6. The molecular formula is C26H33N3O4S2. The summed E-state index contributed by atoms with van der Waals surface area (Å²) in [5.74, 6) is -0.160. The van der Waals surface area contributed by atoms with E-state index in [-0.39, 0.29) is 29.2 Å². The van der Waals surface area contributed by atoms with E-state index in [9.17, 15) is 18.0 Å². The molecule has 0 radical (unpaired) electrons. The first-order valence-corrected chi connectivity index (χ1v) is 14.9. The van der Waals surface area contributed by atoms with Crippen LogP contribution in [0.3, 0.4) is 0 Å². The topological polar surface area (TPSA) is 86.8 Å². The van der Waals surface area contributed by atoms with Gasteiger partial charge in [-0.15, -0.1) is 11.3 Å². The van der Waals surface area contributed by atoms with E-state index in [2.05, 4.69) is 5.32 Å². The molecule has 3 fully saturated rings. The lowest BCUT2D eigenvalue weighted by molar-refractivity contribution is -0.136. The Bertz CT molecular complexity index is 1140. The second-order valence-electron chi connectivity index (χ2n) is 10.2. The zero-order chi connectivity index (χ0) is 24.5. The molecule has 2 aromatic rings. The number of piperidine rings is 1. The Morgan fingerprint density at radius 2 is 1.66 bits per heavy atom. The van der Waals surface area contributed by atoms with Gasteiger partial charge in [0.25, 0.3) is 15.9 Å². The Morgan fingerprint density at radius 1 is 0.943 bits per heavy atom. The second-order valence-corrected chi connectivity index (χ2v) is 13.3. The van der Waals surface area contributed by atoms with Crippen molar-refractivity contribution in [2.45, 2.75) is 55.2 Å². The number of hydrogen-bond acceptors (Lipinski definition) is 5. The van der Waals surface area contributed by atoms with Gasteiger partial charge in [0, 0.05) is 37.8 Å². The average molecular weight is 516 g/mol. The van der Waals surface area contributed by atoms with Crippen molar-refractivity contribution in [2.75, 3.05) is 26.2 Å². The molecule has 5 rings (SSSR count). The number of benzene rings is 1. The number of amides is 2. The first kappa shape index (κ1) is 24.5. The summed E-state index contributed by atoms with van der Waals surface area (Å²) in [7, 11) is -3.42. The van der Waals surface area contributed by atoms with E-state index in [0.29, 0.717) is 36.0 Å². The average Bonchev–Trinajstić information content (AvgIpc) is 3.56. The van der Waals surface area contributed by atoms with Crippen molar-refractivity contribution in [2.24, 2.45) is 11.3 Å². The van der Waals surface area contributed by atoms with E-state index in [1.807, 2.05) is 23.1 Å². The molecular weight excluding hydrogens is 482 g/mol. The van der Waals surface area contributed by atoms with E-state index in [0.717, 1.165) is 44.9 Å². The summed E-state index contributed by atoms with van der Waals surface area (Å²) in [6, 6.07) is 12.5. The molecule has 1 aliphatic carbocycles. The molecule has 2 atom stereocenters. The highest BCUT2D eigenvalue weighted by Crippen LogP contribution is 2.42. The van der Waals surface area contributed by atoms with Gasteiger partial charge in [0.1, 0.15) is 4.21 Å². The summed E-state index contributed by atoms with van der Waals surface area (Å²) >= 11 is 1.26. The van der Waals surface area contributed by atoms with Crippen LogP contribution < -0.4 is 5.32 Å². The van der Waals surface area contributed by atoms with Crippen molar-refractivity contribution >= 4 is 33.2 Å². The minimum Gasteiger partial charge on any atom is -0.349 e. The maximum absolute atomic E-state index is 13.6. The molecule has 9 heteroatoms. The van der Waals surface area contributed by atoms with Gasteiger partial charge in [-0.2, -0.15) is 4.31 Å². The molecule has 2 saturated heterocycles. The first-order valence-electron chi connectivity index (χ1n) is 12.6. The van der Waals surface area contributed by atoms with E-state index in [1.165, 1.54) is 11.3 Å². The summed E-state index contributed by atoms with van der Waals surface area (Å²) in [6.45, 7) is 2.41. The fourth-order valence-corrected chi connectivity index (χ4v) is 8.53. The summed E-state index contributed by atoms with van der Waals surface area (Å²) in [4.78, 5) is 28.3. The Labute approximate surface area is 211 Å². The van der Waals surface area contributed by atoms with Gasteiger partial charge >= 0.3 is 0 Å². The molecule has 0 bridgehead atoms. The number of carbonyl (C=O) groups excluding carboxylic acids is 2. The van der Waals surface area contributed by atoms with Crippen LogP contribution in [-0.4, -0.2) is 61.7 Å². The number of rotatable bonds is 5. The van der Waals surface area contributed by atoms with E-state index >= 15 is 0 Å². The molecule has 2 unspecified atom stereocenters. The van der Waals surface area contributed by atoms with Gasteiger partial charge in [0.15, 0.2) is 0 Å². The number of nitrogens with one attached hydrogen (secondary N) is 1. The van der Waals surface area contributed by atoms with Crippen LogP contribution in [0.1, 0.15) is 55.3 Å². The lowest BCUT2D eigenvalue weighted by Crippen LogP contribution is -2.50. The fourth-order valence-electron chi connectivity index (χ4n) is 5.94. The normalized spacial score (nSPS) is 25.0. The van der Waals surface area contributed by atoms with Crippen molar-refractivity contribution < 1.29 is 18.0 Å². The molecule has 1 aromatic heterocycles. The molecule has 1 saturated carbocycles. The Hall–Kier alpha value is -2.23. The molecule has 1 aromatic carbocycles. The van der Waals surface area contributed by atoms with Crippen LogP contribution in [0.25, 0.3) is 0 Å². The highest BCUT2D eigenvalue weighted by Gasteiger charge is 2.46. The van der Waals surface area contributed by atoms with Crippen LogP contribution in [0.2, 0.25) is 0 Å². The second kappa shape index (κ2) is 10.0. The summed E-state index contributed by atoms with van der Waals surface area (Å²) in [5.41, 5.74) is 0.614. The minimum absolute atomic E-state index is 0.00538. The van der Waals surface area contributed by atoms with Crippen LogP contribution >= 0.6 is 11.3 Å². The van der Waals surface area contributed by atoms with Gasteiger partial charge in [-0.05, 0) is 61.1 Å².